The van der Waals surface area contributed by atoms with Gasteiger partial charge in [0, 0.05) is 27.5 Å². The van der Waals surface area contributed by atoms with Crippen molar-refractivity contribution in [1.82, 2.24) is 9.97 Å². The first-order chi connectivity index (χ1) is 14.1. The molecule has 1 aromatic heterocycles. The van der Waals surface area contributed by atoms with Gasteiger partial charge in [0.05, 0.1) is 11.4 Å². The van der Waals surface area contributed by atoms with Crippen LogP contribution in [0.2, 0.25) is 5.02 Å². The van der Waals surface area contributed by atoms with Crippen LogP contribution in [0.25, 0.3) is 11.3 Å². The average Bonchev–Trinajstić information content (AvgIpc) is 2.74. The summed E-state index contributed by atoms with van der Waals surface area (Å²) in [6.45, 7) is 0. The highest BCUT2D eigenvalue weighted by molar-refractivity contribution is 7.99. The Morgan fingerprint density at radius 3 is 2.52 bits per heavy atom. The average molecular weight is 428 g/mol. The number of aromatic nitrogens is 2. The molecule has 1 amide bonds. The molecule has 0 saturated carbocycles. The smallest absolute Gasteiger partial charge is 0.234 e. The van der Waals surface area contributed by atoms with E-state index in [-0.39, 0.29) is 17.5 Å². The molecule has 0 saturated heterocycles. The summed E-state index contributed by atoms with van der Waals surface area (Å²) in [5, 5.41) is 4.03. The van der Waals surface area contributed by atoms with Crippen LogP contribution in [0, 0.1) is 5.82 Å². The van der Waals surface area contributed by atoms with Crippen LogP contribution in [-0.2, 0) is 17.6 Å². The summed E-state index contributed by atoms with van der Waals surface area (Å²) in [5.41, 5.74) is 4.75. The fraction of sp³-hybridized carbons (Fsp3) is 0.227. The first-order valence-electron chi connectivity index (χ1n) is 9.42. The largest absolute Gasteiger partial charge is 0.325 e. The lowest BCUT2D eigenvalue weighted by molar-refractivity contribution is -0.113. The van der Waals surface area contributed by atoms with Crippen molar-refractivity contribution in [3.05, 3.63) is 70.6 Å². The SMILES string of the molecule is O=C(CSc1nc2c(c(-c3ccc(Cl)cc3)n1)CCCC2)Nc1ccc(F)cc1. The lowest BCUT2D eigenvalue weighted by Gasteiger charge is -2.19. The molecule has 2 aromatic carbocycles. The van der Waals surface area contributed by atoms with E-state index in [1.807, 2.05) is 24.3 Å². The number of thioether (sulfide) groups is 1. The standard InChI is InChI=1S/C22H19ClFN3OS/c23-15-7-5-14(6-8-15)21-18-3-1-2-4-19(18)26-22(27-21)29-13-20(28)25-17-11-9-16(24)10-12-17/h5-12H,1-4,13H2,(H,25,28). The Morgan fingerprint density at radius 1 is 1.03 bits per heavy atom. The lowest BCUT2D eigenvalue weighted by atomic mass is 9.92. The number of aryl methyl sites for hydroxylation is 1. The maximum atomic E-state index is 13.0. The number of benzene rings is 2. The summed E-state index contributed by atoms with van der Waals surface area (Å²) >= 11 is 7.33. The van der Waals surface area contributed by atoms with Crippen molar-refractivity contribution >= 4 is 35.0 Å². The van der Waals surface area contributed by atoms with Gasteiger partial charge in [-0.15, -0.1) is 0 Å². The third-order valence-electron chi connectivity index (χ3n) is 4.74. The molecule has 1 N–H and O–H groups in total. The molecule has 0 unspecified atom stereocenters. The molecule has 7 heteroatoms. The molecule has 29 heavy (non-hydrogen) atoms. The molecular formula is C22H19ClFN3OS. The number of hydrogen-bond acceptors (Lipinski definition) is 4. The van der Waals surface area contributed by atoms with Gasteiger partial charge in [0.2, 0.25) is 5.91 Å². The number of halogens is 2. The molecule has 4 rings (SSSR count). The summed E-state index contributed by atoms with van der Waals surface area (Å²) in [7, 11) is 0. The second kappa shape index (κ2) is 8.93. The highest BCUT2D eigenvalue weighted by Gasteiger charge is 2.19. The van der Waals surface area contributed by atoms with E-state index in [0.717, 1.165) is 42.6 Å². The van der Waals surface area contributed by atoms with Crippen molar-refractivity contribution in [3.8, 4) is 11.3 Å². The molecule has 3 aromatic rings. The highest BCUT2D eigenvalue weighted by atomic mass is 35.5. The van der Waals surface area contributed by atoms with Crippen molar-refractivity contribution in [3.63, 3.8) is 0 Å². The Morgan fingerprint density at radius 2 is 1.76 bits per heavy atom. The lowest BCUT2D eigenvalue weighted by Crippen LogP contribution is -2.15. The van der Waals surface area contributed by atoms with Gasteiger partial charge in [-0.1, -0.05) is 35.5 Å². The fourth-order valence-corrected chi connectivity index (χ4v) is 4.13. The second-order valence-corrected chi connectivity index (χ2v) is 8.22. The molecular weight excluding hydrogens is 409 g/mol. The molecule has 1 aliphatic rings. The molecule has 148 valence electrons. The number of carbonyl (C=O) groups is 1. The van der Waals surface area contributed by atoms with Gasteiger partial charge in [-0.05, 0) is 62.1 Å². The number of nitrogens with zero attached hydrogens (tertiary/aromatic N) is 2. The molecule has 0 aliphatic heterocycles. The third kappa shape index (κ3) is 4.95. The van der Waals surface area contributed by atoms with Gasteiger partial charge < -0.3 is 5.32 Å². The summed E-state index contributed by atoms with van der Waals surface area (Å²) in [6.07, 6.45) is 4.12. The van der Waals surface area contributed by atoms with Gasteiger partial charge >= 0.3 is 0 Å². The Hall–Kier alpha value is -2.44. The predicted molar refractivity (Wildman–Crippen MR) is 115 cm³/mol. The molecule has 0 fully saturated rings. The van der Waals surface area contributed by atoms with Gasteiger partial charge in [0.25, 0.3) is 0 Å². The van der Waals surface area contributed by atoms with Crippen LogP contribution < -0.4 is 5.32 Å². The van der Waals surface area contributed by atoms with Crippen LogP contribution in [0.15, 0.2) is 53.7 Å². The van der Waals surface area contributed by atoms with Crippen molar-refractivity contribution in [2.45, 2.75) is 30.8 Å². The summed E-state index contributed by atoms with van der Waals surface area (Å²) in [6, 6.07) is 13.3. The Labute approximate surface area is 177 Å². The summed E-state index contributed by atoms with van der Waals surface area (Å²) < 4.78 is 13.0. The minimum atomic E-state index is -0.338. The molecule has 0 atom stereocenters. The Balaban J connectivity index is 1.52. The van der Waals surface area contributed by atoms with Crippen LogP contribution >= 0.6 is 23.4 Å². The van der Waals surface area contributed by atoms with Crippen LogP contribution in [0.5, 0.6) is 0 Å². The Bertz CT molecular complexity index is 1030. The van der Waals surface area contributed by atoms with Gasteiger partial charge in [-0.25, -0.2) is 14.4 Å². The first-order valence-corrected chi connectivity index (χ1v) is 10.8. The molecule has 1 heterocycles. The van der Waals surface area contributed by atoms with Gasteiger partial charge in [0.1, 0.15) is 5.82 Å². The van der Waals surface area contributed by atoms with Crippen molar-refractivity contribution in [2.75, 3.05) is 11.1 Å². The van der Waals surface area contributed by atoms with E-state index in [9.17, 15) is 9.18 Å². The number of amides is 1. The zero-order valence-corrected chi connectivity index (χ0v) is 17.2. The van der Waals surface area contributed by atoms with E-state index in [0.29, 0.717) is 15.9 Å². The number of carbonyl (C=O) groups excluding carboxylic acids is 1. The van der Waals surface area contributed by atoms with Crippen LogP contribution in [0.1, 0.15) is 24.1 Å². The van der Waals surface area contributed by atoms with E-state index in [4.69, 9.17) is 21.6 Å². The van der Waals surface area contributed by atoms with Crippen molar-refractivity contribution < 1.29 is 9.18 Å². The number of fused-ring (bicyclic) bond motifs is 1. The van der Waals surface area contributed by atoms with Crippen molar-refractivity contribution in [2.24, 2.45) is 0 Å². The minimum absolute atomic E-state index is 0.177. The normalized spacial score (nSPS) is 13.0. The molecule has 0 spiro atoms. The molecule has 0 bridgehead atoms. The molecule has 1 aliphatic carbocycles. The third-order valence-corrected chi connectivity index (χ3v) is 5.84. The van der Waals surface area contributed by atoms with Gasteiger partial charge in [-0.3, -0.25) is 4.79 Å². The maximum Gasteiger partial charge on any atom is 0.234 e. The first kappa shape index (κ1) is 19.9. The molecule has 0 radical (unpaired) electrons. The van der Waals surface area contributed by atoms with E-state index >= 15 is 0 Å². The zero-order chi connectivity index (χ0) is 20.2. The van der Waals surface area contributed by atoms with Crippen LogP contribution in [0.3, 0.4) is 0 Å². The number of hydrogen-bond donors (Lipinski definition) is 1. The van der Waals surface area contributed by atoms with Gasteiger partial charge in [-0.2, -0.15) is 0 Å². The van der Waals surface area contributed by atoms with Crippen LogP contribution in [-0.4, -0.2) is 21.6 Å². The topological polar surface area (TPSA) is 54.9 Å². The number of nitrogens with one attached hydrogen (secondary N) is 1. The van der Waals surface area contributed by atoms with Crippen LogP contribution in [0.4, 0.5) is 10.1 Å². The van der Waals surface area contributed by atoms with Crippen molar-refractivity contribution in [1.29, 1.82) is 0 Å². The summed E-state index contributed by atoms with van der Waals surface area (Å²) in [4.78, 5) is 21.7. The van der Waals surface area contributed by atoms with Gasteiger partial charge in [0.15, 0.2) is 5.16 Å². The summed E-state index contributed by atoms with van der Waals surface area (Å²) in [5.74, 6) is -0.346. The number of rotatable bonds is 5. The minimum Gasteiger partial charge on any atom is -0.325 e. The second-order valence-electron chi connectivity index (χ2n) is 6.84. The van der Waals surface area contributed by atoms with E-state index in [1.54, 1.807) is 0 Å². The maximum absolute atomic E-state index is 13.0. The fourth-order valence-electron chi connectivity index (χ4n) is 3.34. The van der Waals surface area contributed by atoms with E-state index in [2.05, 4.69) is 5.32 Å². The quantitative estimate of drug-likeness (QED) is 0.428. The zero-order valence-electron chi connectivity index (χ0n) is 15.6. The predicted octanol–water partition coefficient (Wildman–Crippen LogP) is 5.55. The number of anilines is 1. The van der Waals surface area contributed by atoms with E-state index < -0.39 is 0 Å². The monoisotopic (exact) mass is 427 g/mol. The Kier molecular flexibility index (Phi) is 6.11. The molecule has 4 nitrogen and oxygen atoms in total. The van der Waals surface area contributed by atoms with E-state index in [1.165, 1.54) is 41.6 Å². The highest BCUT2D eigenvalue weighted by Crippen LogP contribution is 2.32.